The number of carboxylic acids is 1. The van der Waals surface area contributed by atoms with Gasteiger partial charge in [-0.25, -0.2) is 4.98 Å². The van der Waals surface area contributed by atoms with E-state index in [0.29, 0.717) is 18.9 Å². The Balaban J connectivity index is 1.79. The fourth-order valence-corrected chi connectivity index (χ4v) is 4.13. The van der Waals surface area contributed by atoms with Crippen molar-refractivity contribution in [2.75, 3.05) is 19.0 Å². The lowest BCUT2D eigenvalue weighted by molar-refractivity contribution is -0.141. The Morgan fingerprint density at radius 1 is 1.17 bits per heavy atom. The van der Waals surface area contributed by atoms with Crippen LogP contribution in [0.5, 0.6) is 5.75 Å². The molecule has 3 rings (SSSR count). The predicted octanol–water partition coefficient (Wildman–Crippen LogP) is 5.30. The number of anilines is 1. The molecule has 1 atom stereocenters. The molecule has 2 aromatic carbocycles. The number of rotatable bonds is 9. The average Bonchev–Trinajstić information content (AvgIpc) is 3.16. The molecule has 2 N–H and O–H groups in total. The minimum atomic E-state index is -0.810. The van der Waals surface area contributed by atoms with Crippen molar-refractivity contribution in [1.29, 1.82) is 0 Å². The molecule has 152 valence electrons. The van der Waals surface area contributed by atoms with E-state index in [1.54, 1.807) is 18.4 Å². The van der Waals surface area contributed by atoms with Crippen LogP contribution in [-0.2, 0) is 11.2 Å². The number of thiazole rings is 1. The smallest absolute Gasteiger partial charge is 0.308 e. The first kappa shape index (κ1) is 20.9. The van der Waals surface area contributed by atoms with Crippen LogP contribution in [0.3, 0.4) is 0 Å². The Morgan fingerprint density at radius 2 is 1.93 bits per heavy atom. The molecule has 0 saturated heterocycles. The van der Waals surface area contributed by atoms with Gasteiger partial charge in [-0.3, -0.25) is 4.79 Å². The van der Waals surface area contributed by atoms with Crippen molar-refractivity contribution in [2.45, 2.75) is 26.2 Å². The van der Waals surface area contributed by atoms with E-state index in [-0.39, 0.29) is 0 Å². The van der Waals surface area contributed by atoms with E-state index in [9.17, 15) is 9.90 Å². The highest BCUT2D eigenvalue weighted by atomic mass is 32.1. The molecule has 0 radical (unpaired) electrons. The van der Waals surface area contributed by atoms with Crippen LogP contribution in [0.15, 0.2) is 54.6 Å². The maximum atomic E-state index is 11.7. The van der Waals surface area contributed by atoms with Gasteiger partial charge < -0.3 is 15.2 Å². The monoisotopic (exact) mass is 410 g/mol. The number of nitrogens with one attached hydrogen (secondary N) is 1. The first-order valence-corrected chi connectivity index (χ1v) is 10.4. The molecule has 1 heterocycles. The predicted molar refractivity (Wildman–Crippen MR) is 118 cm³/mol. The Kier molecular flexibility index (Phi) is 6.88. The minimum absolute atomic E-state index is 0.309. The van der Waals surface area contributed by atoms with Gasteiger partial charge in [0.1, 0.15) is 5.75 Å². The molecule has 6 heteroatoms. The largest absolute Gasteiger partial charge is 0.497 e. The van der Waals surface area contributed by atoms with Gasteiger partial charge in [-0.1, -0.05) is 56.3 Å². The molecular weight excluding hydrogens is 384 g/mol. The maximum absolute atomic E-state index is 11.7. The molecule has 3 aromatic rings. The number of aromatic nitrogens is 1. The zero-order valence-corrected chi connectivity index (χ0v) is 17.7. The van der Waals surface area contributed by atoms with Gasteiger partial charge in [-0.05, 0) is 30.0 Å². The third-order valence-corrected chi connectivity index (χ3v) is 6.01. The zero-order valence-electron chi connectivity index (χ0n) is 16.9. The van der Waals surface area contributed by atoms with Gasteiger partial charge in [0.25, 0.3) is 0 Å². The van der Waals surface area contributed by atoms with E-state index in [4.69, 9.17) is 9.72 Å². The first-order valence-electron chi connectivity index (χ1n) is 9.63. The topological polar surface area (TPSA) is 71.5 Å². The van der Waals surface area contributed by atoms with Gasteiger partial charge in [-0.15, -0.1) is 11.3 Å². The second-order valence-corrected chi connectivity index (χ2v) is 8.25. The van der Waals surface area contributed by atoms with Crippen molar-refractivity contribution in [3.05, 3.63) is 65.0 Å². The van der Waals surface area contributed by atoms with Gasteiger partial charge in [-0.2, -0.15) is 0 Å². The molecule has 0 aliphatic rings. The van der Waals surface area contributed by atoms with Crippen molar-refractivity contribution in [1.82, 2.24) is 4.98 Å². The van der Waals surface area contributed by atoms with Gasteiger partial charge in [0.15, 0.2) is 5.13 Å². The third-order valence-electron chi connectivity index (χ3n) is 4.69. The molecule has 0 aliphatic carbocycles. The van der Waals surface area contributed by atoms with Gasteiger partial charge >= 0.3 is 5.97 Å². The van der Waals surface area contributed by atoms with E-state index < -0.39 is 11.9 Å². The second-order valence-electron chi connectivity index (χ2n) is 7.22. The number of nitrogens with zero attached hydrogens (tertiary/aromatic N) is 1. The number of hydrogen-bond donors (Lipinski definition) is 2. The molecular formula is C23H26N2O3S. The molecule has 0 bridgehead atoms. The average molecular weight is 411 g/mol. The molecule has 0 saturated carbocycles. The number of benzene rings is 2. The van der Waals surface area contributed by atoms with Crippen LogP contribution in [0.25, 0.3) is 11.3 Å². The molecule has 29 heavy (non-hydrogen) atoms. The summed E-state index contributed by atoms with van der Waals surface area (Å²) >= 11 is 1.58. The van der Waals surface area contributed by atoms with Crippen LogP contribution in [0.1, 0.15) is 30.2 Å². The molecule has 0 fully saturated rings. The van der Waals surface area contributed by atoms with Crippen LogP contribution >= 0.6 is 11.3 Å². The van der Waals surface area contributed by atoms with E-state index >= 15 is 0 Å². The number of hydrogen-bond acceptors (Lipinski definition) is 5. The van der Waals surface area contributed by atoms with Gasteiger partial charge in [0, 0.05) is 17.0 Å². The van der Waals surface area contributed by atoms with Crippen molar-refractivity contribution in [3.8, 4) is 17.0 Å². The van der Waals surface area contributed by atoms with Gasteiger partial charge in [0.2, 0.25) is 0 Å². The number of carboxylic acid groups (broad SMARTS) is 1. The Bertz CT molecular complexity index is 954. The summed E-state index contributed by atoms with van der Waals surface area (Å²) in [7, 11) is 1.65. The summed E-state index contributed by atoms with van der Waals surface area (Å²) < 4.78 is 5.34. The van der Waals surface area contributed by atoms with E-state index in [1.807, 2.05) is 54.6 Å². The van der Waals surface area contributed by atoms with E-state index in [0.717, 1.165) is 32.6 Å². The Hall–Kier alpha value is -2.86. The summed E-state index contributed by atoms with van der Waals surface area (Å²) in [6.45, 7) is 4.60. The summed E-state index contributed by atoms with van der Waals surface area (Å²) in [5, 5.41) is 13.6. The second kappa shape index (κ2) is 9.56. The number of carbonyl (C=O) groups is 1. The highest BCUT2D eigenvalue weighted by molar-refractivity contribution is 7.16. The lowest BCUT2D eigenvalue weighted by Crippen LogP contribution is -2.25. The van der Waals surface area contributed by atoms with Crippen molar-refractivity contribution in [2.24, 2.45) is 5.92 Å². The molecule has 0 amide bonds. The summed E-state index contributed by atoms with van der Waals surface area (Å²) in [6, 6.07) is 17.5. The van der Waals surface area contributed by atoms with Crippen LogP contribution < -0.4 is 10.1 Å². The Morgan fingerprint density at radius 3 is 2.59 bits per heavy atom. The standard InChI is InChI=1S/C23H26N2O3S/c1-15(2)21-20(17-10-7-11-19(13-17)28-3)25-23(29-21)24-14-18(22(26)27)12-16-8-5-4-6-9-16/h4-11,13,15,18H,12,14H2,1-3H3,(H,24,25)(H,26,27). The van der Waals surface area contributed by atoms with Crippen LogP contribution in [0.2, 0.25) is 0 Å². The lowest BCUT2D eigenvalue weighted by atomic mass is 9.99. The highest BCUT2D eigenvalue weighted by Crippen LogP contribution is 2.37. The number of ether oxygens (including phenoxy) is 1. The van der Waals surface area contributed by atoms with Crippen LogP contribution in [0.4, 0.5) is 5.13 Å². The van der Waals surface area contributed by atoms with Crippen LogP contribution in [0, 0.1) is 5.92 Å². The highest BCUT2D eigenvalue weighted by Gasteiger charge is 2.20. The maximum Gasteiger partial charge on any atom is 0.308 e. The van der Waals surface area contributed by atoms with Crippen molar-refractivity contribution >= 4 is 22.4 Å². The quantitative estimate of drug-likeness (QED) is 0.501. The molecule has 0 aliphatic heterocycles. The fourth-order valence-electron chi connectivity index (χ4n) is 3.13. The first-order chi connectivity index (χ1) is 14.0. The number of methoxy groups -OCH3 is 1. The lowest BCUT2D eigenvalue weighted by Gasteiger charge is -2.13. The van der Waals surface area contributed by atoms with Crippen molar-refractivity contribution < 1.29 is 14.6 Å². The summed E-state index contributed by atoms with van der Waals surface area (Å²) in [6.07, 6.45) is 0.480. The zero-order chi connectivity index (χ0) is 20.8. The Labute approximate surface area is 175 Å². The van der Waals surface area contributed by atoms with E-state index in [1.165, 1.54) is 0 Å². The summed E-state index contributed by atoms with van der Waals surface area (Å²) in [4.78, 5) is 17.7. The number of aliphatic carboxylic acids is 1. The molecule has 5 nitrogen and oxygen atoms in total. The molecule has 1 aromatic heterocycles. The van der Waals surface area contributed by atoms with Crippen molar-refractivity contribution in [3.63, 3.8) is 0 Å². The van der Waals surface area contributed by atoms with E-state index in [2.05, 4.69) is 19.2 Å². The summed E-state index contributed by atoms with van der Waals surface area (Å²) in [5.74, 6) is -0.239. The SMILES string of the molecule is COc1cccc(-c2nc(NCC(Cc3ccccc3)C(=O)O)sc2C(C)C)c1. The normalized spacial score (nSPS) is 12.0. The minimum Gasteiger partial charge on any atom is -0.497 e. The van der Waals surface area contributed by atoms with Gasteiger partial charge in [0.05, 0.1) is 18.7 Å². The molecule has 0 spiro atoms. The fraction of sp³-hybridized carbons (Fsp3) is 0.304. The molecule has 1 unspecified atom stereocenters. The summed E-state index contributed by atoms with van der Waals surface area (Å²) in [5.41, 5.74) is 2.93. The van der Waals surface area contributed by atoms with Crippen LogP contribution in [-0.4, -0.2) is 29.7 Å². The third kappa shape index (κ3) is 5.35.